The van der Waals surface area contributed by atoms with Gasteiger partial charge in [-0.2, -0.15) is 5.10 Å². The molecular formula is C21H27N5O3S. The van der Waals surface area contributed by atoms with Crippen LogP contribution in [0.3, 0.4) is 0 Å². The molecule has 0 bridgehead atoms. The van der Waals surface area contributed by atoms with Crippen molar-refractivity contribution in [3.05, 3.63) is 48.2 Å². The van der Waals surface area contributed by atoms with Crippen LogP contribution in [-0.4, -0.2) is 59.3 Å². The molecule has 2 heterocycles. The van der Waals surface area contributed by atoms with E-state index in [2.05, 4.69) is 10.4 Å². The SMILES string of the molecule is CCN(CCCNC(=O)c1cc(-c2ccccc2)nc2c1cnn2CC)S(C)(=O)=O. The van der Waals surface area contributed by atoms with Crippen molar-refractivity contribution in [1.29, 1.82) is 0 Å². The molecule has 9 heteroatoms. The number of carbonyl (C=O) groups is 1. The van der Waals surface area contributed by atoms with Gasteiger partial charge in [-0.3, -0.25) is 4.79 Å². The number of hydrogen-bond donors (Lipinski definition) is 1. The van der Waals surface area contributed by atoms with Crippen molar-refractivity contribution in [1.82, 2.24) is 24.4 Å². The number of carbonyl (C=O) groups excluding carboxylic acids is 1. The predicted octanol–water partition coefficient (Wildman–Crippen LogP) is 2.52. The lowest BCUT2D eigenvalue weighted by molar-refractivity contribution is 0.0954. The van der Waals surface area contributed by atoms with Gasteiger partial charge in [-0.1, -0.05) is 37.3 Å². The standard InChI is InChI=1S/C21H27N5O3S/c1-4-25(30(3,28)29)13-9-12-22-21(27)17-14-19(16-10-7-6-8-11-16)24-20-18(17)15-23-26(20)5-2/h6-8,10-11,14-15H,4-5,9,12-13H2,1-3H3,(H,22,27). The summed E-state index contributed by atoms with van der Waals surface area (Å²) < 4.78 is 26.5. The van der Waals surface area contributed by atoms with Crippen LogP contribution in [0.25, 0.3) is 22.3 Å². The Hall–Kier alpha value is -2.78. The number of amides is 1. The lowest BCUT2D eigenvalue weighted by Gasteiger charge is -2.17. The van der Waals surface area contributed by atoms with Crippen LogP contribution in [0.5, 0.6) is 0 Å². The fraction of sp³-hybridized carbons (Fsp3) is 0.381. The molecule has 1 N–H and O–H groups in total. The molecule has 1 aromatic carbocycles. The first-order chi connectivity index (χ1) is 14.3. The third-order valence-corrected chi connectivity index (χ3v) is 6.29. The molecule has 0 aliphatic rings. The number of nitrogens with zero attached hydrogens (tertiary/aromatic N) is 4. The van der Waals surface area contributed by atoms with E-state index < -0.39 is 10.0 Å². The van der Waals surface area contributed by atoms with E-state index in [1.54, 1.807) is 23.9 Å². The summed E-state index contributed by atoms with van der Waals surface area (Å²) in [7, 11) is -3.23. The highest BCUT2D eigenvalue weighted by atomic mass is 32.2. The first-order valence-electron chi connectivity index (χ1n) is 10.0. The van der Waals surface area contributed by atoms with Crippen molar-refractivity contribution in [2.24, 2.45) is 0 Å². The monoisotopic (exact) mass is 429 g/mol. The maximum absolute atomic E-state index is 12.9. The molecule has 2 aromatic heterocycles. The van der Waals surface area contributed by atoms with E-state index >= 15 is 0 Å². The number of benzene rings is 1. The number of nitrogens with one attached hydrogen (secondary N) is 1. The molecule has 0 unspecified atom stereocenters. The van der Waals surface area contributed by atoms with Crippen LogP contribution in [0.1, 0.15) is 30.6 Å². The number of rotatable bonds is 9. The van der Waals surface area contributed by atoms with Gasteiger partial charge in [0.25, 0.3) is 5.91 Å². The normalized spacial score (nSPS) is 11.9. The molecule has 0 atom stereocenters. The number of aromatic nitrogens is 3. The van der Waals surface area contributed by atoms with Crippen molar-refractivity contribution in [2.75, 3.05) is 25.9 Å². The van der Waals surface area contributed by atoms with Gasteiger partial charge in [-0.25, -0.2) is 22.4 Å². The third kappa shape index (κ3) is 4.85. The highest BCUT2D eigenvalue weighted by molar-refractivity contribution is 7.88. The molecule has 0 saturated carbocycles. The summed E-state index contributed by atoms with van der Waals surface area (Å²) in [5, 5.41) is 7.95. The molecule has 30 heavy (non-hydrogen) atoms. The summed E-state index contributed by atoms with van der Waals surface area (Å²) in [5.74, 6) is -0.224. The predicted molar refractivity (Wildman–Crippen MR) is 118 cm³/mol. The molecule has 0 radical (unpaired) electrons. The highest BCUT2D eigenvalue weighted by Gasteiger charge is 2.18. The van der Waals surface area contributed by atoms with Crippen molar-refractivity contribution < 1.29 is 13.2 Å². The fourth-order valence-corrected chi connectivity index (χ4v) is 4.26. The van der Waals surface area contributed by atoms with Gasteiger partial charge >= 0.3 is 0 Å². The minimum atomic E-state index is -3.23. The van der Waals surface area contributed by atoms with Gasteiger partial charge in [0.15, 0.2) is 5.65 Å². The lowest BCUT2D eigenvalue weighted by Crippen LogP contribution is -2.33. The number of sulfonamides is 1. The first-order valence-corrected chi connectivity index (χ1v) is 11.8. The van der Waals surface area contributed by atoms with Crippen LogP contribution in [0, 0.1) is 0 Å². The summed E-state index contributed by atoms with van der Waals surface area (Å²) >= 11 is 0. The van der Waals surface area contributed by atoms with E-state index in [4.69, 9.17) is 4.98 Å². The Labute approximate surface area is 177 Å². The Morgan fingerprint density at radius 2 is 1.93 bits per heavy atom. The Bertz CT molecular complexity index is 1130. The zero-order valence-electron chi connectivity index (χ0n) is 17.5. The van der Waals surface area contributed by atoms with Crippen LogP contribution in [0.4, 0.5) is 0 Å². The second kappa shape index (κ2) is 9.36. The Balaban J connectivity index is 1.82. The van der Waals surface area contributed by atoms with Crippen molar-refractivity contribution in [2.45, 2.75) is 26.8 Å². The van der Waals surface area contributed by atoms with Crippen LogP contribution < -0.4 is 5.32 Å². The summed E-state index contributed by atoms with van der Waals surface area (Å²) in [6.07, 6.45) is 3.39. The van der Waals surface area contributed by atoms with Crippen LogP contribution in [0.2, 0.25) is 0 Å². The van der Waals surface area contributed by atoms with Gasteiger partial charge in [0.05, 0.1) is 29.1 Å². The Morgan fingerprint density at radius 1 is 1.20 bits per heavy atom. The summed E-state index contributed by atoms with van der Waals surface area (Å²) in [4.78, 5) is 17.7. The number of pyridine rings is 1. The first kappa shape index (κ1) is 21.9. The molecule has 0 saturated heterocycles. The summed E-state index contributed by atoms with van der Waals surface area (Å²) in [5.41, 5.74) is 2.80. The van der Waals surface area contributed by atoms with E-state index in [1.807, 2.05) is 37.3 Å². The molecule has 0 aliphatic carbocycles. The van der Waals surface area contributed by atoms with E-state index in [0.717, 1.165) is 5.56 Å². The lowest BCUT2D eigenvalue weighted by atomic mass is 10.1. The van der Waals surface area contributed by atoms with Crippen molar-refractivity contribution in [3.63, 3.8) is 0 Å². The van der Waals surface area contributed by atoms with E-state index in [0.29, 0.717) is 54.9 Å². The van der Waals surface area contributed by atoms with Crippen LogP contribution in [0.15, 0.2) is 42.6 Å². The smallest absolute Gasteiger partial charge is 0.252 e. The van der Waals surface area contributed by atoms with Gasteiger partial charge in [-0.15, -0.1) is 0 Å². The van der Waals surface area contributed by atoms with Gasteiger partial charge in [-0.05, 0) is 19.4 Å². The topological polar surface area (TPSA) is 97.2 Å². The molecule has 1 amide bonds. The van der Waals surface area contributed by atoms with Gasteiger partial charge in [0, 0.05) is 31.7 Å². The minimum absolute atomic E-state index is 0.224. The number of fused-ring (bicyclic) bond motifs is 1. The summed E-state index contributed by atoms with van der Waals surface area (Å²) in [6, 6.07) is 11.5. The highest BCUT2D eigenvalue weighted by Crippen LogP contribution is 2.24. The number of hydrogen-bond acceptors (Lipinski definition) is 5. The van der Waals surface area contributed by atoms with E-state index in [1.165, 1.54) is 10.6 Å². The third-order valence-electron chi connectivity index (χ3n) is 4.91. The quantitative estimate of drug-likeness (QED) is 0.527. The van der Waals surface area contributed by atoms with Crippen LogP contribution in [-0.2, 0) is 16.6 Å². The summed E-state index contributed by atoms with van der Waals surface area (Å²) in [6.45, 7) is 5.57. The average Bonchev–Trinajstić information content (AvgIpc) is 3.15. The van der Waals surface area contributed by atoms with Crippen molar-refractivity contribution in [3.8, 4) is 11.3 Å². The van der Waals surface area contributed by atoms with Crippen molar-refractivity contribution >= 4 is 27.0 Å². The fourth-order valence-electron chi connectivity index (χ4n) is 3.33. The molecular weight excluding hydrogens is 402 g/mol. The second-order valence-electron chi connectivity index (χ2n) is 6.98. The molecule has 160 valence electrons. The Kier molecular flexibility index (Phi) is 6.84. The molecule has 8 nitrogen and oxygen atoms in total. The Morgan fingerprint density at radius 3 is 2.57 bits per heavy atom. The average molecular weight is 430 g/mol. The van der Waals surface area contributed by atoms with E-state index in [-0.39, 0.29) is 5.91 Å². The minimum Gasteiger partial charge on any atom is -0.352 e. The molecule has 3 rings (SSSR count). The number of aryl methyl sites for hydroxylation is 1. The second-order valence-corrected chi connectivity index (χ2v) is 8.97. The molecule has 0 aliphatic heterocycles. The molecule has 0 fully saturated rings. The van der Waals surface area contributed by atoms with Crippen LogP contribution >= 0.6 is 0 Å². The maximum atomic E-state index is 12.9. The zero-order chi connectivity index (χ0) is 21.7. The largest absolute Gasteiger partial charge is 0.352 e. The molecule has 3 aromatic rings. The van der Waals surface area contributed by atoms with Gasteiger partial charge in [0.2, 0.25) is 10.0 Å². The zero-order valence-corrected chi connectivity index (χ0v) is 18.3. The molecule has 0 spiro atoms. The van der Waals surface area contributed by atoms with Gasteiger partial charge in [0.1, 0.15) is 0 Å². The van der Waals surface area contributed by atoms with Gasteiger partial charge < -0.3 is 5.32 Å². The van der Waals surface area contributed by atoms with E-state index in [9.17, 15) is 13.2 Å². The maximum Gasteiger partial charge on any atom is 0.252 e.